The SMILES string of the molecule is CCOC1CC(N(C)C(=O)c2n[nH]c(C(C)C)c2Br)C1(C)C. The molecule has 1 heterocycles. The lowest BCUT2D eigenvalue weighted by molar-refractivity contribution is -0.136. The standard InChI is InChI=1S/C16H26BrN3O2/c1-7-22-11-8-10(16(11,4)5)20(6)15(21)14-12(17)13(9(2)3)18-19-14/h9-11H,7-8H2,1-6H3,(H,18,19). The molecule has 1 aromatic rings. The fraction of sp³-hybridized carbons (Fsp3) is 0.750. The molecule has 0 aromatic carbocycles. The summed E-state index contributed by atoms with van der Waals surface area (Å²) in [6.07, 6.45) is 1.09. The van der Waals surface area contributed by atoms with Crippen molar-refractivity contribution in [3.05, 3.63) is 15.9 Å². The first-order chi connectivity index (χ1) is 10.2. The van der Waals surface area contributed by atoms with Gasteiger partial charge in [0, 0.05) is 25.1 Å². The van der Waals surface area contributed by atoms with Gasteiger partial charge in [0.1, 0.15) is 0 Å². The van der Waals surface area contributed by atoms with Crippen molar-refractivity contribution in [2.45, 2.75) is 59.1 Å². The number of aromatic amines is 1. The first kappa shape index (κ1) is 17.5. The van der Waals surface area contributed by atoms with Gasteiger partial charge in [-0.25, -0.2) is 0 Å². The van der Waals surface area contributed by atoms with Crippen LogP contribution in [0.4, 0.5) is 0 Å². The van der Waals surface area contributed by atoms with Gasteiger partial charge in [-0.3, -0.25) is 9.89 Å². The molecule has 2 atom stereocenters. The summed E-state index contributed by atoms with van der Waals surface area (Å²) in [7, 11) is 1.85. The zero-order valence-electron chi connectivity index (χ0n) is 14.2. The third-order valence-corrected chi connectivity index (χ3v) is 5.60. The fourth-order valence-corrected chi connectivity index (χ4v) is 3.99. The van der Waals surface area contributed by atoms with E-state index in [0.29, 0.717) is 12.3 Å². The summed E-state index contributed by atoms with van der Waals surface area (Å²) in [5.74, 6) is 0.235. The highest BCUT2D eigenvalue weighted by Crippen LogP contribution is 2.45. The van der Waals surface area contributed by atoms with E-state index < -0.39 is 0 Å². The van der Waals surface area contributed by atoms with Crippen LogP contribution in [0.25, 0.3) is 0 Å². The Morgan fingerprint density at radius 2 is 2.18 bits per heavy atom. The first-order valence-electron chi connectivity index (χ1n) is 7.84. The number of carbonyl (C=O) groups is 1. The van der Waals surface area contributed by atoms with Crippen LogP contribution in [0.1, 0.15) is 63.1 Å². The average molecular weight is 372 g/mol. The molecule has 1 saturated carbocycles. The van der Waals surface area contributed by atoms with E-state index in [1.54, 1.807) is 4.90 Å². The molecular formula is C16H26BrN3O2. The Morgan fingerprint density at radius 1 is 1.55 bits per heavy atom. The van der Waals surface area contributed by atoms with E-state index in [4.69, 9.17) is 4.74 Å². The Morgan fingerprint density at radius 3 is 2.64 bits per heavy atom. The molecule has 1 aliphatic rings. The van der Waals surface area contributed by atoms with Gasteiger partial charge >= 0.3 is 0 Å². The number of rotatable bonds is 5. The molecule has 0 bridgehead atoms. The number of hydrogen-bond donors (Lipinski definition) is 1. The monoisotopic (exact) mass is 371 g/mol. The second kappa shape index (κ2) is 6.32. The van der Waals surface area contributed by atoms with Gasteiger partial charge in [-0.05, 0) is 35.2 Å². The normalized spacial score (nSPS) is 23.5. The summed E-state index contributed by atoms with van der Waals surface area (Å²) < 4.78 is 6.52. The van der Waals surface area contributed by atoms with Crippen LogP contribution in [0.5, 0.6) is 0 Å². The number of amides is 1. The largest absolute Gasteiger partial charge is 0.378 e. The number of nitrogens with one attached hydrogen (secondary N) is 1. The van der Waals surface area contributed by atoms with Crippen LogP contribution in [0.15, 0.2) is 4.47 Å². The molecule has 2 unspecified atom stereocenters. The predicted molar refractivity (Wildman–Crippen MR) is 90.1 cm³/mol. The lowest BCUT2D eigenvalue weighted by atomic mass is 9.63. The maximum Gasteiger partial charge on any atom is 0.275 e. The number of halogens is 1. The molecule has 1 aliphatic carbocycles. The smallest absolute Gasteiger partial charge is 0.275 e. The van der Waals surface area contributed by atoms with Crippen molar-refractivity contribution >= 4 is 21.8 Å². The van der Waals surface area contributed by atoms with E-state index in [9.17, 15) is 4.79 Å². The quantitative estimate of drug-likeness (QED) is 0.860. The predicted octanol–water partition coefficient (Wildman–Crippen LogP) is 3.57. The van der Waals surface area contributed by atoms with Crippen molar-refractivity contribution in [2.24, 2.45) is 5.41 Å². The minimum absolute atomic E-state index is 0.0376. The first-order valence-corrected chi connectivity index (χ1v) is 8.63. The van der Waals surface area contributed by atoms with Crippen LogP contribution < -0.4 is 0 Å². The molecule has 22 heavy (non-hydrogen) atoms. The average Bonchev–Trinajstić information content (AvgIpc) is 2.83. The Balaban J connectivity index is 2.14. The number of nitrogens with zero attached hydrogens (tertiary/aromatic N) is 2. The highest BCUT2D eigenvalue weighted by atomic mass is 79.9. The van der Waals surface area contributed by atoms with Gasteiger partial charge < -0.3 is 9.64 Å². The van der Waals surface area contributed by atoms with Crippen LogP contribution in [0.2, 0.25) is 0 Å². The Hall–Kier alpha value is -0.880. The van der Waals surface area contributed by atoms with E-state index in [1.807, 2.05) is 14.0 Å². The number of aromatic nitrogens is 2. The van der Waals surface area contributed by atoms with Gasteiger partial charge in [-0.15, -0.1) is 0 Å². The summed E-state index contributed by atoms with van der Waals surface area (Å²) in [6, 6.07) is 0.169. The van der Waals surface area contributed by atoms with Gasteiger partial charge in [0.2, 0.25) is 0 Å². The molecule has 1 aromatic heterocycles. The highest BCUT2D eigenvalue weighted by Gasteiger charge is 2.52. The Kier molecular flexibility index (Phi) is 5.02. The minimum Gasteiger partial charge on any atom is -0.378 e. The molecular weight excluding hydrogens is 346 g/mol. The maximum absolute atomic E-state index is 12.8. The van der Waals surface area contributed by atoms with E-state index >= 15 is 0 Å². The number of carbonyl (C=O) groups excluding carboxylic acids is 1. The van der Waals surface area contributed by atoms with Gasteiger partial charge in [-0.1, -0.05) is 27.7 Å². The van der Waals surface area contributed by atoms with E-state index in [2.05, 4.69) is 53.8 Å². The molecule has 1 fully saturated rings. The Bertz CT molecular complexity index is 554. The van der Waals surface area contributed by atoms with Crippen molar-refractivity contribution in [1.29, 1.82) is 0 Å². The van der Waals surface area contributed by atoms with Crippen molar-refractivity contribution in [1.82, 2.24) is 15.1 Å². The van der Waals surface area contributed by atoms with E-state index in [0.717, 1.165) is 16.6 Å². The Labute approximate surface area is 140 Å². The van der Waals surface area contributed by atoms with Crippen molar-refractivity contribution in [2.75, 3.05) is 13.7 Å². The van der Waals surface area contributed by atoms with Gasteiger partial charge in [0.25, 0.3) is 5.91 Å². The van der Waals surface area contributed by atoms with Crippen LogP contribution >= 0.6 is 15.9 Å². The number of hydrogen-bond acceptors (Lipinski definition) is 3. The van der Waals surface area contributed by atoms with Crippen LogP contribution in [-0.2, 0) is 4.74 Å². The summed E-state index contributed by atoms with van der Waals surface area (Å²) in [4.78, 5) is 14.6. The van der Waals surface area contributed by atoms with E-state index in [1.165, 1.54) is 0 Å². The highest BCUT2D eigenvalue weighted by molar-refractivity contribution is 9.10. The van der Waals surface area contributed by atoms with Gasteiger partial charge in [0.05, 0.1) is 16.3 Å². The lowest BCUT2D eigenvalue weighted by Crippen LogP contribution is -2.62. The lowest BCUT2D eigenvalue weighted by Gasteiger charge is -2.54. The molecule has 0 spiro atoms. The van der Waals surface area contributed by atoms with Crippen LogP contribution in [-0.4, -0.2) is 46.8 Å². The van der Waals surface area contributed by atoms with Crippen LogP contribution in [0.3, 0.4) is 0 Å². The molecule has 0 radical (unpaired) electrons. The second-order valence-corrected chi connectivity index (χ2v) is 7.68. The molecule has 0 saturated heterocycles. The molecule has 5 nitrogen and oxygen atoms in total. The van der Waals surface area contributed by atoms with E-state index in [-0.39, 0.29) is 29.4 Å². The third kappa shape index (κ3) is 2.83. The second-order valence-electron chi connectivity index (χ2n) is 6.89. The molecule has 0 aliphatic heterocycles. The van der Waals surface area contributed by atoms with Gasteiger partial charge in [-0.2, -0.15) is 5.10 Å². The molecule has 6 heteroatoms. The summed E-state index contributed by atoms with van der Waals surface area (Å²) >= 11 is 3.51. The fourth-order valence-electron chi connectivity index (χ4n) is 3.18. The molecule has 124 valence electrons. The summed E-state index contributed by atoms with van der Waals surface area (Å²) in [6.45, 7) is 11.2. The van der Waals surface area contributed by atoms with Crippen LogP contribution in [0, 0.1) is 5.41 Å². The molecule has 1 N–H and O–H groups in total. The number of ether oxygens (including phenoxy) is 1. The minimum atomic E-state index is -0.0527. The van der Waals surface area contributed by atoms with Crippen molar-refractivity contribution in [3.8, 4) is 0 Å². The maximum atomic E-state index is 12.8. The molecule has 1 amide bonds. The van der Waals surface area contributed by atoms with Crippen molar-refractivity contribution < 1.29 is 9.53 Å². The topological polar surface area (TPSA) is 58.2 Å². The van der Waals surface area contributed by atoms with Gasteiger partial charge in [0.15, 0.2) is 5.69 Å². The summed E-state index contributed by atoms with van der Waals surface area (Å²) in [5, 5.41) is 7.17. The summed E-state index contributed by atoms with van der Waals surface area (Å²) in [5.41, 5.74) is 1.38. The number of H-pyrrole nitrogens is 1. The molecule has 2 rings (SSSR count). The third-order valence-electron chi connectivity index (χ3n) is 4.79. The van der Waals surface area contributed by atoms with Crippen molar-refractivity contribution in [3.63, 3.8) is 0 Å². The zero-order valence-corrected chi connectivity index (χ0v) is 15.8. The zero-order chi connectivity index (χ0) is 16.7.